The van der Waals surface area contributed by atoms with Crippen LogP contribution in [0.3, 0.4) is 0 Å². The van der Waals surface area contributed by atoms with Crippen molar-refractivity contribution in [2.24, 2.45) is 11.7 Å². The molecule has 1 aliphatic rings. The maximum Gasteiger partial charge on any atom is 0.251 e. The van der Waals surface area contributed by atoms with E-state index in [0.717, 1.165) is 0 Å². The molecule has 1 saturated carbocycles. The molecule has 0 amide bonds. The van der Waals surface area contributed by atoms with Gasteiger partial charge in [-0.3, -0.25) is 0 Å². The summed E-state index contributed by atoms with van der Waals surface area (Å²) < 4.78 is 24.3. The quantitative estimate of drug-likeness (QED) is 0.611. The molecule has 0 bridgehead atoms. The maximum absolute atomic E-state index is 12.1. The van der Waals surface area contributed by atoms with Crippen LogP contribution in [-0.4, -0.2) is 23.7 Å². The van der Waals surface area contributed by atoms with Crippen LogP contribution in [0.5, 0.6) is 0 Å². The molecular formula is C6H11F2NO. The van der Waals surface area contributed by atoms with Crippen molar-refractivity contribution >= 4 is 0 Å². The fourth-order valence-electron chi connectivity index (χ4n) is 0.950. The Hall–Kier alpha value is -0.220. The van der Waals surface area contributed by atoms with Gasteiger partial charge in [0.2, 0.25) is 0 Å². The number of aliphatic hydroxyl groups excluding tert-OH is 1. The number of nitrogens with two attached hydrogens (primary N) is 1. The lowest BCUT2D eigenvalue weighted by Gasteiger charge is -2.04. The second-order valence-electron chi connectivity index (χ2n) is 2.79. The van der Waals surface area contributed by atoms with E-state index in [1.54, 1.807) is 0 Å². The lowest BCUT2D eigenvalue weighted by atomic mass is 10.2. The standard InChI is InChI=1S/C6H11F2NO/c7-6(8)2-4(6)1-5(10)3-9/h4-5,10H,1-3,9H2. The Kier molecular flexibility index (Phi) is 1.92. The first-order chi connectivity index (χ1) is 4.56. The Bertz CT molecular complexity index is 129. The minimum Gasteiger partial charge on any atom is -0.392 e. The zero-order valence-electron chi connectivity index (χ0n) is 5.56. The summed E-state index contributed by atoms with van der Waals surface area (Å²) in [4.78, 5) is 0. The zero-order chi connectivity index (χ0) is 7.78. The highest BCUT2D eigenvalue weighted by atomic mass is 19.3. The number of halogens is 2. The Labute approximate surface area is 58.0 Å². The second-order valence-corrected chi connectivity index (χ2v) is 2.79. The SMILES string of the molecule is NCC(O)CC1CC1(F)F. The fraction of sp³-hybridized carbons (Fsp3) is 1.00. The molecule has 0 aliphatic heterocycles. The number of rotatable bonds is 3. The molecule has 4 heteroatoms. The molecule has 2 atom stereocenters. The zero-order valence-corrected chi connectivity index (χ0v) is 5.56. The van der Waals surface area contributed by atoms with E-state index in [2.05, 4.69) is 0 Å². The van der Waals surface area contributed by atoms with E-state index >= 15 is 0 Å². The smallest absolute Gasteiger partial charge is 0.251 e. The summed E-state index contributed by atoms with van der Waals surface area (Å²) in [5.74, 6) is -3.14. The van der Waals surface area contributed by atoms with Crippen molar-refractivity contribution in [3.8, 4) is 0 Å². The lowest BCUT2D eigenvalue weighted by Crippen LogP contribution is -2.20. The molecule has 10 heavy (non-hydrogen) atoms. The Morgan fingerprint density at radius 3 is 2.50 bits per heavy atom. The van der Waals surface area contributed by atoms with Gasteiger partial charge < -0.3 is 10.8 Å². The first-order valence-corrected chi connectivity index (χ1v) is 3.32. The van der Waals surface area contributed by atoms with Crippen LogP contribution in [-0.2, 0) is 0 Å². The maximum atomic E-state index is 12.1. The number of aliphatic hydroxyl groups is 1. The van der Waals surface area contributed by atoms with Gasteiger partial charge in [0, 0.05) is 18.9 Å². The van der Waals surface area contributed by atoms with Crippen molar-refractivity contribution < 1.29 is 13.9 Å². The second kappa shape index (κ2) is 2.43. The highest BCUT2D eigenvalue weighted by molar-refractivity contribution is 4.95. The highest BCUT2D eigenvalue weighted by Crippen LogP contribution is 2.50. The van der Waals surface area contributed by atoms with E-state index < -0.39 is 17.9 Å². The van der Waals surface area contributed by atoms with Gasteiger partial charge in [-0.2, -0.15) is 0 Å². The van der Waals surface area contributed by atoms with Gasteiger partial charge >= 0.3 is 0 Å². The van der Waals surface area contributed by atoms with Gasteiger partial charge in [-0.25, -0.2) is 8.78 Å². The molecule has 1 rings (SSSR count). The van der Waals surface area contributed by atoms with Gasteiger partial charge in [0.05, 0.1) is 6.10 Å². The van der Waals surface area contributed by atoms with Crippen LogP contribution < -0.4 is 5.73 Å². The van der Waals surface area contributed by atoms with Gasteiger partial charge in [-0.15, -0.1) is 0 Å². The molecule has 3 N–H and O–H groups in total. The van der Waals surface area contributed by atoms with Gasteiger partial charge in [-0.05, 0) is 6.42 Å². The molecular weight excluding hydrogens is 140 g/mol. The van der Waals surface area contributed by atoms with E-state index in [1.165, 1.54) is 0 Å². The Balaban J connectivity index is 2.17. The van der Waals surface area contributed by atoms with Crippen LogP contribution in [0.2, 0.25) is 0 Å². The first kappa shape index (κ1) is 7.88. The van der Waals surface area contributed by atoms with Crippen molar-refractivity contribution in [3.63, 3.8) is 0 Å². The van der Waals surface area contributed by atoms with E-state index in [0.29, 0.717) is 0 Å². The van der Waals surface area contributed by atoms with Crippen LogP contribution in [0, 0.1) is 5.92 Å². The third kappa shape index (κ3) is 1.64. The molecule has 0 spiro atoms. The predicted octanol–water partition coefficient (Wildman–Crippen LogP) is 0.351. The minimum absolute atomic E-state index is 0.0760. The molecule has 0 heterocycles. The summed E-state index contributed by atoms with van der Waals surface area (Å²) in [7, 11) is 0. The van der Waals surface area contributed by atoms with E-state index in [4.69, 9.17) is 10.8 Å². The molecule has 0 aromatic rings. The van der Waals surface area contributed by atoms with E-state index in [-0.39, 0.29) is 19.4 Å². The molecule has 0 aromatic heterocycles. The third-order valence-corrected chi connectivity index (χ3v) is 1.78. The summed E-state index contributed by atoms with van der Waals surface area (Å²) in [6.07, 6.45) is -0.688. The van der Waals surface area contributed by atoms with Crippen molar-refractivity contribution in [2.45, 2.75) is 24.9 Å². The average molecular weight is 151 g/mol. The van der Waals surface area contributed by atoms with Crippen LogP contribution >= 0.6 is 0 Å². The average Bonchev–Trinajstić information content (AvgIpc) is 2.40. The molecule has 0 aromatic carbocycles. The van der Waals surface area contributed by atoms with Gasteiger partial charge in [0.1, 0.15) is 0 Å². The third-order valence-electron chi connectivity index (χ3n) is 1.78. The number of alkyl halides is 2. The molecule has 2 unspecified atom stereocenters. The topological polar surface area (TPSA) is 46.2 Å². The fourth-order valence-corrected chi connectivity index (χ4v) is 0.950. The highest BCUT2D eigenvalue weighted by Gasteiger charge is 2.56. The number of hydrogen-bond acceptors (Lipinski definition) is 2. The molecule has 0 radical (unpaired) electrons. The minimum atomic E-state index is -2.52. The Morgan fingerprint density at radius 1 is 1.70 bits per heavy atom. The molecule has 0 saturated heterocycles. The van der Waals surface area contributed by atoms with Crippen LogP contribution in [0.1, 0.15) is 12.8 Å². The number of hydrogen-bond donors (Lipinski definition) is 2. The molecule has 1 fully saturated rings. The van der Waals surface area contributed by atoms with Gasteiger partial charge in [0.25, 0.3) is 5.92 Å². The van der Waals surface area contributed by atoms with Crippen LogP contribution in [0.25, 0.3) is 0 Å². The van der Waals surface area contributed by atoms with E-state index in [1.807, 2.05) is 0 Å². The molecule has 60 valence electrons. The molecule has 1 aliphatic carbocycles. The molecule has 2 nitrogen and oxygen atoms in total. The predicted molar refractivity (Wildman–Crippen MR) is 32.7 cm³/mol. The summed E-state index contributed by atoms with van der Waals surface area (Å²) in [6, 6.07) is 0. The van der Waals surface area contributed by atoms with Crippen molar-refractivity contribution in [3.05, 3.63) is 0 Å². The lowest BCUT2D eigenvalue weighted by molar-refractivity contribution is 0.0786. The summed E-state index contributed by atoms with van der Waals surface area (Å²) in [5.41, 5.74) is 5.04. The summed E-state index contributed by atoms with van der Waals surface area (Å²) in [5, 5.41) is 8.84. The van der Waals surface area contributed by atoms with Crippen LogP contribution in [0.4, 0.5) is 8.78 Å². The monoisotopic (exact) mass is 151 g/mol. The first-order valence-electron chi connectivity index (χ1n) is 3.32. The largest absolute Gasteiger partial charge is 0.392 e. The van der Waals surface area contributed by atoms with Crippen molar-refractivity contribution in [1.29, 1.82) is 0 Å². The normalized spacial score (nSPS) is 31.8. The van der Waals surface area contributed by atoms with Crippen molar-refractivity contribution in [2.75, 3.05) is 6.54 Å². The summed E-state index contributed by atoms with van der Waals surface area (Å²) >= 11 is 0. The van der Waals surface area contributed by atoms with Crippen LogP contribution in [0.15, 0.2) is 0 Å². The van der Waals surface area contributed by atoms with E-state index in [9.17, 15) is 8.78 Å². The summed E-state index contributed by atoms with van der Waals surface area (Å²) in [6.45, 7) is 0.0760. The van der Waals surface area contributed by atoms with Gasteiger partial charge in [0.15, 0.2) is 0 Å². The Morgan fingerprint density at radius 2 is 2.20 bits per heavy atom. The van der Waals surface area contributed by atoms with Crippen molar-refractivity contribution in [1.82, 2.24) is 0 Å². The van der Waals surface area contributed by atoms with Gasteiger partial charge in [-0.1, -0.05) is 0 Å².